The summed E-state index contributed by atoms with van der Waals surface area (Å²) in [6.45, 7) is 5.75. The maximum absolute atomic E-state index is 13.2. The summed E-state index contributed by atoms with van der Waals surface area (Å²) in [4.78, 5) is 21.3. The fraction of sp³-hybridized carbons (Fsp3) is 0.250. The fourth-order valence-corrected chi connectivity index (χ4v) is 4.22. The Morgan fingerprint density at radius 2 is 2.04 bits per heavy atom. The highest BCUT2D eigenvalue weighted by Gasteiger charge is 2.15. The number of benzene rings is 1. The molecule has 0 bridgehead atoms. The molecular formula is C20H20FN5OS. The monoisotopic (exact) mass is 397 g/mol. The molecule has 0 saturated heterocycles. The maximum atomic E-state index is 13.2. The van der Waals surface area contributed by atoms with Gasteiger partial charge >= 0.3 is 0 Å². The second-order valence-corrected chi connectivity index (χ2v) is 7.68. The van der Waals surface area contributed by atoms with Gasteiger partial charge < -0.3 is 4.90 Å². The van der Waals surface area contributed by atoms with E-state index in [9.17, 15) is 9.18 Å². The first-order chi connectivity index (χ1) is 13.5. The van der Waals surface area contributed by atoms with Crippen molar-refractivity contribution in [2.24, 2.45) is 0 Å². The molecule has 28 heavy (non-hydrogen) atoms. The minimum Gasteiger partial charge on any atom is -0.366 e. The third-order valence-corrected chi connectivity index (χ3v) is 5.66. The van der Waals surface area contributed by atoms with Gasteiger partial charge in [-0.05, 0) is 44.2 Å². The standard InChI is InChI=1S/C20H20FN5OS/c1-3-24(17-7-5-15(21)6-8-17)12-16-11-19(27)26-18(13-25-10-4-9-22-25)14(2)28-20(26)23-16/h4-11H,3,12-13H2,1-2H3. The molecule has 0 aliphatic carbocycles. The highest BCUT2D eigenvalue weighted by atomic mass is 32.1. The summed E-state index contributed by atoms with van der Waals surface area (Å²) in [6.07, 6.45) is 3.59. The van der Waals surface area contributed by atoms with Gasteiger partial charge in [0, 0.05) is 35.6 Å². The van der Waals surface area contributed by atoms with Gasteiger partial charge in [-0.2, -0.15) is 5.10 Å². The molecule has 4 rings (SSSR count). The van der Waals surface area contributed by atoms with Crippen molar-refractivity contribution >= 4 is 22.0 Å². The number of halogens is 1. The van der Waals surface area contributed by atoms with E-state index in [0.29, 0.717) is 23.7 Å². The van der Waals surface area contributed by atoms with Gasteiger partial charge in [0.25, 0.3) is 5.56 Å². The van der Waals surface area contributed by atoms with E-state index in [1.54, 1.807) is 33.5 Å². The summed E-state index contributed by atoms with van der Waals surface area (Å²) in [7, 11) is 0. The molecule has 0 amide bonds. The zero-order chi connectivity index (χ0) is 19.7. The number of hydrogen-bond acceptors (Lipinski definition) is 5. The Labute approximate surface area is 165 Å². The zero-order valence-electron chi connectivity index (χ0n) is 15.7. The number of rotatable bonds is 6. The number of thiazole rings is 1. The van der Waals surface area contributed by atoms with Crippen molar-refractivity contribution in [1.82, 2.24) is 19.2 Å². The molecule has 0 unspecified atom stereocenters. The van der Waals surface area contributed by atoms with Crippen LogP contribution < -0.4 is 10.5 Å². The van der Waals surface area contributed by atoms with E-state index in [0.717, 1.165) is 22.8 Å². The minimum absolute atomic E-state index is 0.0957. The third-order valence-electron chi connectivity index (χ3n) is 4.66. The van der Waals surface area contributed by atoms with Gasteiger partial charge in [-0.1, -0.05) is 0 Å². The van der Waals surface area contributed by atoms with E-state index >= 15 is 0 Å². The average Bonchev–Trinajstić information content (AvgIpc) is 3.29. The van der Waals surface area contributed by atoms with Crippen molar-refractivity contribution < 1.29 is 4.39 Å². The van der Waals surface area contributed by atoms with E-state index in [4.69, 9.17) is 4.98 Å². The van der Waals surface area contributed by atoms with Crippen LogP contribution in [0.1, 0.15) is 23.2 Å². The largest absolute Gasteiger partial charge is 0.366 e. The first kappa shape index (κ1) is 18.4. The van der Waals surface area contributed by atoms with E-state index < -0.39 is 0 Å². The average molecular weight is 397 g/mol. The van der Waals surface area contributed by atoms with Crippen LogP contribution >= 0.6 is 11.3 Å². The second-order valence-electron chi connectivity index (χ2n) is 6.50. The van der Waals surface area contributed by atoms with Crippen LogP contribution in [0.5, 0.6) is 0 Å². The lowest BCUT2D eigenvalue weighted by molar-refractivity contribution is 0.627. The van der Waals surface area contributed by atoms with E-state index in [-0.39, 0.29) is 11.4 Å². The molecule has 0 aliphatic rings. The number of aromatic nitrogens is 4. The van der Waals surface area contributed by atoms with Crippen LogP contribution in [0.3, 0.4) is 0 Å². The summed E-state index contributed by atoms with van der Waals surface area (Å²) in [5.74, 6) is -0.267. The summed E-state index contributed by atoms with van der Waals surface area (Å²) in [5.41, 5.74) is 2.40. The molecule has 0 fully saturated rings. The molecule has 1 aromatic carbocycles. The van der Waals surface area contributed by atoms with Crippen LogP contribution in [0.25, 0.3) is 4.96 Å². The molecule has 0 atom stereocenters. The highest BCUT2D eigenvalue weighted by Crippen LogP contribution is 2.22. The number of hydrogen-bond donors (Lipinski definition) is 0. The van der Waals surface area contributed by atoms with Gasteiger partial charge in [0.1, 0.15) is 5.82 Å². The molecule has 144 valence electrons. The molecule has 6 nitrogen and oxygen atoms in total. The molecular weight excluding hydrogens is 377 g/mol. The van der Waals surface area contributed by atoms with Crippen molar-refractivity contribution in [1.29, 1.82) is 0 Å². The lowest BCUT2D eigenvalue weighted by Gasteiger charge is -2.22. The molecule has 0 aliphatic heterocycles. The predicted molar refractivity (Wildman–Crippen MR) is 109 cm³/mol. The molecule has 0 spiro atoms. The first-order valence-corrected chi connectivity index (χ1v) is 9.85. The van der Waals surface area contributed by atoms with Crippen LogP contribution in [-0.4, -0.2) is 25.7 Å². The van der Waals surface area contributed by atoms with Gasteiger partial charge in [0.15, 0.2) is 4.96 Å². The molecule has 3 aromatic heterocycles. The lowest BCUT2D eigenvalue weighted by atomic mass is 10.2. The molecule has 4 aromatic rings. The van der Waals surface area contributed by atoms with Crippen LogP contribution in [0.2, 0.25) is 0 Å². The van der Waals surface area contributed by atoms with Crippen LogP contribution in [0, 0.1) is 12.7 Å². The minimum atomic E-state index is -0.267. The van der Waals surface area contributed by atoms with Gasteiger partial charge in [-0.3, -0.25) is 13.9 Å². The second kappa shape index (κ2) is 7.55. The fourth-order valence-electron chi connectivity index (χ4n) is 3.22. The normalized spacial score (nSPS) is 11.2. The van der Waals surface area contributed by atoms with Crippen LogP contribution in [-0.2, 0) is 13.1 Å². The topological polar surface area (TPSA) is 55.4 Å². The molecule has 0 saturated carbocycles. The van der Waals surface area contributed by atoms with Crippen molar-refractivity contribution in [3.05, 3.63) is 81.2 Å². The molecule has 8 heteroatoms. The maximum Gasteiger partial charge on any atom is 0.259 e. The summed E-state index contributed by atoms with van der Waals surface area (Å²) in [6, 6.07) is 9.79. The number of nitrogens with zero attached hydrogens (tertiary/aromatic N) is 5. The Bertz CT molecular complexity index is 1150. The Morgan fingerprint density at radius 1 is 1.25 bits per heavy atom. The van der Waals surface area contributed by atoms with E-state index in [1.165, 1.54) is 23.5 Å². The summed E-state index contributed by atoms with van der Waals surface area (Å²) in [5, 5.41) is 4.23. The van der Waals surface area contributed by atoms with Crippen molar-refractivity contribution in [2.45, 2.75) is 26.9 Å². The van der Waals surface area contributed by atoms with Gasteiger partial charge in [-0.15, -0.1) is 11.3 Å². The quantitative estimate of drug-likeness (QED) is 0.500. The third kappa shape index (κ3) is 3.55. The number of fused-ring (bicyclic) bond motifs is 1. The Morgan fingerprint density at radius 3 is 2.71 bits per heavy atom. The molecule has 0 radical (unpaired) electrons. The summed E-state index contributed by atoms with van der Waals surface area (Å²) < 4.78 is 16.7. The Balaban J connectivity index is 1.67. The SMILES string of the molecule is CCN(Cc1cc(=O)n2c(Cn3cccn3)c(C)sc2n1)c1ccc(F)cc1. The predicted octanol–water partition coefficient (Wildman–Crippen LogP) is 3.47. The van der Waals surface area contributed by atoms with Crippen LogP contribution in [0.4, 0.5) is 10.1 Å². The Hall–Kier alpha value is -3.00. The highest BCUT2D eigenvalue weighted by molar-refractivity contribution is 7.17. The van der Waals surface area contributed by atoms with Gasteiger partial charge in [0.2, 0.25) is 0 Å². The van der Waals surface area contributed by atoms with Gasteiger partial charge in [0.05, 0.1) is 24.5 Å². The zero-order valence-corrected chi connectivity index (χ0v) is 16.5. The molecule has 0 N–H and O–H groups in total. The number of anilines is 1. The van der Waals surface area contributed by atoms with Crippen molar-refractivity contribution in [3.63, 3.8) is 0 Å². The first-order valence-electron chi connectivity index (χ1n) is 9.04. The van der Waals surface area contributed by atoms with Crippen LogP contribution in [0.15, 0.2) is 53.6 Å². The molecule has 3 heterocycles. The van der Waals surface area contributed by atoms with Crippen molar-refractivity contribution in [3.8, 4) is 0 Å². The van der Waals surface area contributed by atoms with Crippen molar-refractivity contribution in [2.75, 3.05) is 11.4 Å². The lowest BCUT2D eigenvalue weighted by Crippen LogP contribution is -2.25. The van der Waals surface area contributed by atoms with E-state index in [1.807, 2.05) is 26.1 Å². The summed E-state index contributed by atoms with van der Waals surface area (Å²) >= 11 is 1.50. The van der Waals surface area contributed by atoms with E-state index in [2.05, 4.69) is 10.00 Å². The smallest absolute Gasteiger partial charge is 0.259 e. The number of aryl methyl sites for hydroxylation is 1. The Kier molecular flexibility index (Phi) is 4.95. The van der Waals surface area contributed by atoms with Gasteiger partial charge in [-0.25, -0.2) is 9.37 Å².